The minimum absolute atomic E-state index is 0.000294. The standard InChI is InChI=1S/C13H21NO5S2/c1-19-13(16)11-4-2-3-6-14(11)12(15)8-20-10-5-7-21(17,18)9-10/h10-11H,2-9H2,1H3. The summed E-state index contributed by atoms with van der Waals surface area (Å²) in [6, 6.07) is -0.482. The largest absolute Gasteiger partial charge is 0.467 e. The molecule has 2 aliphatic heterocycles. The average molecular weight is 335 g/mol. The number of hydrogen-bond acceptors (Lipinski definition) is 6. The first kappa shape index (κ1) is 16.6. The number of esters is 1. The van der Waals surface area contributed by atoms with Crippen LogP contribution in [-0.2, 0) is 24.2 Å². The molecule has 2 atom stereocenters. The summed E-state index contributed by atoms with van der Waals surface area (Å²) in [5, 5.41) is 0.000294. The number of piperidine rings is 1. The number of amides is 1. The molecule has 0 bridgehead atoms. The van der Waals surface area contributed by atoms with E-state index in [1.54, 1.807) is 4.90 Å². The van der Waals surface area contributed by atoms with Crippen LogP contribution in [-0.4, -0.2) is 67.4 Å². The highest BCUT2D eigenvalue weighted by Crippen LogP contribution is 2.26. The zero-order valence-electron chi connectivity index (χ0n) is 12.1. The van der Waals surface area contributed by atoms with Crippen molar-refractivity contribution in [1.82, 2.24) is 4.90 Å². The van der Waals surface area contributed by atoms with Crippen molar-refractivity contribution in [3.8, 4) is 0 Å². The van der Waals surface area contributed by atoms with Gasteiger partial charge in [0.15, 0.2) is 9.84 Å². The number of thioether (sulfide) groups is 1. The molecule has 21 heavy (non-hydrogen) atoms. The topological polar surface area (TPSA) is 80.8 Å². The fourth-order valence-electron chi connectivity index (χ4n) is 2.78. The lowest BCUT2D eigenvalue weighted by Gasteiger charge is -2.33. The molecular formula is C13H21NO5S2. The number of sulfone groups is 1. The fourth-order valence-corrected chi connectivity index (χ4v) is 6.30. The molecular weight excluding hydrogens is 314 g/mol. The maximum absolute atomic E-state index is 12.3. The Morgan fingerprint density at radius 3 is 2.67 bits per heavy atom. The van der Waals surface area contributed by atoms with Crippen LogP contribution >= 0.6 is 11.8 Å². The fraction of sp³-hybridized carbons (Fsp3) is 0.846. The summed E-state index contributed by atoms with van der Waals surface area (Å²) < 4.78 is 27.6. The number of carbonyl (C=O) groups is 2. The van der Waals surface area contributed by atoms with Crippen molar-refractivity contribution in [2.24, 2.45) is 0 Å². The Labute approximate surface area is 129 Å². The van der Waals surface area contributed by atoms with E-state index < -0.39 is 15.9 Å². The first-order chi connectivity index (χ1) is 9.93. The van der Waals surface area contributed by atoms with E-state index in [9.17, 15) is 18.0 Å². The van der Waals surface area contributed by atoms with Gasteiger partial charge in [-0.15, -0.1) is 11.8 Å². The molecule has 0 aromatic rings. The molecule has 0 N–H and O–H groups in total. The lowest BCUT2D eigenvalue weighted by Crippen LogP contribution is -2.49. The second-order valence-electron chi connectivity index (χ2n) is 5.46. The number of ether oxygens (including phenoxy) is 1. The van der Waals surface area contributed by atoms with E-state index in [1.165, 1.54) is 18.9 Å². The van der Waals surface area contributed by atoms with Gasteiger partial charge in [0.05, 0.1) is 24.4 Å². The maximum Gasteiger partial charge on any atom is 0.328 e. The second-order valence-corrected chi connectivity index (χ2v) is 8.98. The number of likely N-dealkylation sites (tertiary alicyclic amines) is 1. The molecule has 2 fully saturated rings. The molecule has 0 spiro atoms. The van der Waals surface area contributed by atoms with Crippen molar-refractivity contribution in [2.75, 3.05) is 30.9 Å². The highest BCUT2D eigenvalue weighted by Gasteiger charge is 2.34. The van der Waals surface area contributed by atoms with Gasteiger partial charge in [-0.2, -0.15) is 0 Å². The van der Waals surface area contributed by atoms with Gasteiger partial charge >= 0.3 is 5.97 Å². The van der Waals surface area contributed by atoms with E-state index in [0.717, 1.165) is 12.8 Å². The van der Waals surface area contributed by atoms with Gasteiger partial charge in [0.25, 0.3) is 0 Å². The van der Waals surface area contributed by atoms with Crippen LogP contribution in [0.4, 0.5) is 0 Å². The SMILES string of the molecule is COC(=O)C1CCCCN1C(=O)CSC1CCS(=O)(=O)C1. The minimum Gasteiger partial charge on any atom is -0.467 e. The summed E-state index contributed by atoms with van der Waals surface area (Å²) in [5.74, 6) is 0.141. The number of hydrogen-bond donors (Lipinski definition) is 0. The predicted octanol–water partition coefficient (Wildman–Crippen LogP) is 0.461. The van der Waals surface area contributed by atoms with Crippen molar-refractivity contribution in [3.63, 3.8) is 0 Å². The molecule has 0 aromatic carbocycles. The van der Waals surface area contributed by atoms with Crippen LogP contribution in [0.5, 0.6) is 0 Å². The molecule has 1 amide bonds. The first-order valence-electron chi connectivity index (χ1n) is 7.12. The van der Waals surface area contributed by atoms with Gasteiger partial charge in [-0.1, -0.05) is 0 Å². The summed E-state index contributed by atoms with van der Waals surface area (Å²) in [5.41, 5.74) is 0. The third-order valence-electron chi connectivity index (χ3n) is 3.93. The van der Waals surface area contributed by atoms with Crippen molar-refractivity contribution in [3.05, 3.63) is 0 Å². The Kier molecular flexibility index (Phi) is 5.54. The molecule has 120 valence electrons. The smallest absolute Gasteiger partial charge is 0.328 e. The summed E-state index contributed by atoms with van der Waals surface area (Å²) in [7, 11) is -1.59. The van der Waals surface area contributed by atoms with Crippen LogP contribution in [0.15, 0.2) is 0 Å². The molecule has 0 aromatic heterocycles. The molecule has 0 saturated carbocycles. The minimum atomic E-state index is -2.92. The predicted molar refractivity (Wildman–Crippen MR) is 80.9 cm³/mol. The van der Waals surface area contributed by atoms with Gasteiger partial charge in [-0.3, -0.25) is 4.79 Å². The molecule has 2 heterocycles. The summed E-state index contributed by atoms with van der Waals surface area (Å²) in [4.78, 5) is 25.6. The van der Waals surface area contributed by atoms with Gasteiger partial charge in [-0.05, 0) is 25.7 Å². The van der Waals surface area contributed by atoms with Gasteiger partial charge < -0.3 is 9.64 Å². The average Bonchev–Trinajstić information content (AvgIpc) is 2.83. The normalized spacial score (nSPS) is 28.3. The Hall–Kier alpha value is -0.760. The van der Waals surface area contributed by atoms with Crippen LogP contribution in [0.2, 0.25) is 0 Å². The Morgan fingerprint density at radius 2 is 2.05 bits per heavy atom. The zero-order valence-corrected chi connectivity index (χ0v) is 13.7. The summed E-state index contributed by atoms with van der Waals surface area (Å²) in [6.45, 7) is 0.572. The van der Waals surface area contributed by atoms with Crippen molar-refractivity contribution >= 4 is 33.5 Å². The van der Waals surface area contributed by atoms with E-state index in [1.807, 2.05) is 0 Å². The molecule has 2 aliphatic rings. The number of methoxy groups -OCH3 is 1. The Morgan fingerprint density at radius 1 is 1.29 bits per heavy atom. The number of carbonyl (C=O) groups excluding carboxylic acids is 2. The molecule has 0 aliphatic carbocycles. The van der Waals surface area contributed by atoms with E-state index in [0.29, 0.717) is 19.4 Å². The van der Waals surface area contributed by atoms with Crippen LogP contribution < -0.4 is 0 Å². The van der Waals surface area contributed by atoms with Crippen molar-refractivity contribution < 1.29 is 22.7 Å². The second kappa shape index (κ2) is 7.00. The van der Waals surface area contributed by atoms with Gasteiger partial charge in [-0.25, -0.2) is 13.2 Å². The van der Waals surface area contributed by atoms with Gasteiger partial charge in [0.2, 0.25) is 5.91 Å². The maximum atomic E-state index is 12.3. The molecule has 8 heteroatoms. The zero-order chi connectivity index (χ0) is 15.5. The Balaban J connectivity index is 1.88. The Bertz CT molecular complexity index is 505. The van der Waals surface area contributed by atoms with E-state index in [4.69, 9.17) is 4.74 Å². The summed E-state index contributed by atoms with van der Waals surface area (Å²) >= 11 is 1.39. The third-order valence-corrected chi connectivity index (χ3v) is 7.20. The van der Waals surface area contributed by atoms with Crippen LogP contribution in [0.1, 0.15) is 25.7 Å². The molecule has 0 radical (unpaired) electrons. The highest BCUT2D eigenvalue weighted by molar-refractivity contribution is 8.02. The lowest BCUT2D eigenvalue weighted by atomic mass is 10.0. The quantitative estimate of drug-likeness (QED) is 0.695. The van der Waals surface area contributed by atoms with E-state index in [2.05, 4.69) is 0 Å². The molecule has 6 nitrogen and oxygen atoms in total. The summed E-state index contributed by atoms with van der Waals surface area (Å²) in [6.07, 6.45) is 3.06. The van der Waals surface area contributed by atoms with E-state index in [-0.39, 0.29) is 34.4 Å². The van der Waals surface area contributed by atoms with Gasteiger partial charge in [0, 0.05) is 11.8 Å². The lowest BCUT2D eigenvalue weighted by molar-refractivity contribution is -0.153. The molecule has 2 saturated heterocycles. The highest BCUT2D eigenvalue weighted by atomic mass is 32.2. The van der Waals surface area contributed by atoms with Crippen LogP contribution in [0.25, 0.3) is 0 Å². The number of nitrogens with zero attached hydrogens (tertiary/aromatic N) is 1. The van der Waals surface area contributed by atoms with Crippen molar-refractivity contribution in [1.29, 1.82) is 0 Å². The molecule has 2 unspecified atom stereocenters. The first-order valence-corrected chi connectivity index (χ1v) is 9.99. The van der Waals surface area contributed by atoms with Crippen LogP contribution in [0.3, 0.4) is 0 Å². The monoisotopic (exact) mass is 335 g/mol. The van der Waals surface area contributed by atoms with Crippen LogP contribution in [0, 0.1) is 0 Å². The van der Waals surface area contributed by atoms with E-state index >= 15 is 0 Å². The third kappa shape index (κ3) is 4.35. The number of rotatable bonds is 4. The van der Waals surface area contributed by atoms with Crippen molar-refractivity contribution in [2.45, 2.75) is 37.0 Å². The molecule has 2 rings (SSSR count). The van der Waals surface area contributed by atoms with Gasteiger partial charge in [0.1, 0.15) is 6.04 Å².